The standard InChI is InChI=1S/C11H20N4OS.ClH/c1-4-6-8-14-15-10(17-8)13-9(16)11(3,12)7-5-2;/h4-7,12H2,1-3H3,(H,13,15,16);1H. The summed E-state index contributed by atoms with van der Waals surface area (Å²) in [5, 5.41) is 12.1. The smallest absolute Gasteiger partial charge is 0.245 e. The third kappa shape index (κ3) is 4.88. The van der Waals surface area contributed by atoms with Gasteiger partial charge in [0.15, 0.2) is 0 Å². The van der Waals surface area contributed by atoms with Gasteiger partial charge in [0.05, 0.1) is 5.54 Å². The predicted octanol–water partition coefficient (Wildman–Crippen LogP) is 2.37. The first-order valence-corrected chi connectivity index (χ1v) is 6.74. The number of halogens is 1. The van der Waals surface area contributed by atoms with Crippen LogP contribution in [0.3, 0.4) is 0 Å². The third-order valence-electron chi connectivity index (χ3n) is 2.44. The van der Waals surface area contributed by atoms with Gasteiger partial charge in [-0.2, -0.15) is 0 Å². The quantitative estimate of drug-likeness (QED) is 0.843. The number of aryl methyl sites for hydroxylation is 1. The SMILES string of the molecule is CCCc1nnc(NC(=O)C(C)(N)CCC)s1.Cl. The van der Waals surface area contributed by atoms with Crippen molar-refractivity contribution in [3.63, 3.8) is 0 Å². The van der Waals surface area contributed by atoms with Gasteiger partial charge >= 0.3 is 0 Å². The van der Waals surface area contributed by atoms with Crippen LogP contribution < -0.4 is 11.1 Å². The van der Waals surface area contributed by atoms with Gasteiger partial charge in [0.2, 0.25) is 11.0 Å². The normalized spacial score (nSPS) is 13.6. The molecule has 0 aliphatic heterocycles. The molecule has 0 fully saturated rings. The maximum Gasteiger partial charge on any atom is 0.245 e. The molecule has 1 atom stereocenters. The lowest BCUT2D eigenvalue weighted by molar-refractivity contribution is -0.120. The molecule has 18 heavy (non-hydrogen) atoms. The number of carbonyl (C=O) groups excluding carboxylic acids is 1. The van der Waals surface area contributed by atoms with Crippen LogP contribution in [0.15, 0.2) is 0 Å². The fourth-order valence-corrected chi connectivity index (χ4v) is 2.33. The van der Waals surface area contributed by atoms with E-state index in [1.54, 1.807) is 6.92 Å². The molecular formula is C11H21ClN4OS. The van der Waals surface area contributed by atoms with Crippen LogP contribution in [0.25, 0.3) is 0 Å². The molecule has 1 amide bonds. The predicted molar refractivity (Wildman–Crippen MR) is 77.3 cm³/mol. The van der Waals surface area contributed by atoms with E-state index < -0.39 is 5.54 Å². The van der Waals surface area contributed by atoms with Gasteiger partial charge in [0.1, 0.15) is 5.01 Å². The Morgan fingerprint density at radius 1 is 1.39 bits per heavy atom. The minimum absolute atomic E-state index is 0. The Kier molecular flexibility index (Phi) is 7.35. The average Bonchev–Trinajstić information content (AvgIpc) is 2.66. The van der Waals surface area contributed by atoms with Crippen molar-refractivity contribution in [1.29, 1.82) is 0 Å². The molecular weight excluding hydrogens is 272 g/mol. The van der Waals surface area contributed by atoms with Crippen LogP contribution in [0.4, 0.5) is 5.13 Å². The highest BCUT2D eigenvalue weighted by Gasteiger charge is 2.27. The van der Waals surface area contributed by atoms with Gasteiger partial charge in [-0.25, -0.2) is 0 Å². The molecule has 104 valence electrons. The van der Waals surface area contributed by atoms with E-state index in [2.05, 4.69) is 22.4 Å². The van der Waals surface area contributed by atoms with Gasteiger partial charge in [-0.05, 0) is 19.8 Å². The first-order chi connectivity index (χ1) is 7.99. The summed E-state index contributed by atoms with van der Waals surface area (Å²) in [6.07, 6.45) is 3.44. The van der Waals surface area contributed by atoms with Crippen LogP contribution in [-0.4, -0.2) is 21.6 Å². The zero-order valence-electron chi connectivity index (χ0n) is 11.0. The van der Waals surface area contributed by atoms with Crippen molar-refractivity contribution in [2.45, 2.75) is 52.0 Å². The summed E-state index contributed by atoms with van der Waals surface area (Å²) in [6.45, 7) is 5.82. The molecule has 0 aromatic carbocycles. The molecule has 0 bridgehead atoms. The van der Waals surface area contributed by atoms with E-state index in [1.807, 2.05) is 6.92 Å². The van der Waals surface area contributed by atoms with Crippen molar-refractivity contribution < 1.29 is 4.79 Å². The largest absolute Gasteiger partial charge is 0.318 e. The number of aromatic nitrogens is 2. The second kappa shape index (κ2) is 7.66. The van der Waals surface area contributed by atoms with Crippen molar-refractivity contribution in [3.8, 4) is 0 Å². The molecule has 0 saturated carbocycles. The molecule has 1 heterocycles. The van der Waals surface area contributed by atoms with E-state index >= 15 is 0 Å². The lowest BCUT2D eigenvalue weighted by Crippen LogP contribution is -2.48. The second-order valence-electron chi connectivity index (χ2n) is 4.37. The van der Waals surface area contributed by atoms with E-state index in [0.29, 0.717) is 11.6 Å². The zero-order valence-corrected chi connectivity index (χ0v) is 12.7. The number of anilines is 1. The van der Waals surface area contributed by atoms with Gasteiger partial charge < -0.3 is 5.73 Å². The van der Waals surface area contributed by atoms with E-state index in [4.69, 9.17) is 5.73 Å². The molecule has 0 aliphatic carbocycles. The topological polar surface area (TPSA) is 80.9 Å². The van der Waals surface area contributed by atoms with E-state index in [-0.39, 0.29) is 18.3 Å². The Hall–Kier alpha value is -0.720. The molecule has 0 radical (unpaired) electrons. The number of rotatable bonds is 6. The van der Waals surface area contributed by atoms with Crippen molar-refractivity contribution in [2.75, 3.05) is 5.32 Å². The minimum Gasteiger partial charge on any atom is -0.318 e. The second-order valence-corrected chi connectivity index (χ2v) is 5.43. The number of hydrogen-bond donors (Lipinski definition) is 2. The molecule has 1 rings (SSSR count). The maximum atomic E-state index is 11.9. The summed E-state index contributed by atoms with van der Waals surface area (Å²) in [7, 11) is 0. The first-order valence-electron chi connectivity index (χ1n) is 5.92. The van der Waals surface area contributed by atoms with E-state index in [9.17, 15) is 4.79 Å². The summed E-state index contributed by atoms with van der Waals surface area (Å²) >= 11 is 1.41. The average molecular weight is 293 g/mol. The van der Waals surface area contributed by atoms with Gasteiger partial charge in [-0.3, -0.25) is 10.1 Å². The Balaban J connectivity index is 0.00000289. The van der Waals surface area contributed by atoms with Gasteiger partial charge in [0.25, 0.3) is 0 Å². The molecule has 5 nitrogen and oxygen atoms in total. The molecule has 7 heteroatoms. The molecule has 1 aromatic rings. The summed E-state index contributed by atoms with van der Waals surface area (Å²) in [5.74, 6) is -0.196. The number of nitrogens with two attached hydrogens (primary N) is 1. The molecule has 3 N–H and O–H groups in total. The molecule has 1 unspecified atom stereocenters. The van der Waals surface area contributed by atoms with Crippen LogP contribution in [0.5, 0.6) is 0 Å². The number of amides is 1. The van der Waals surface area contributed by atoms with E-state index in [0.717, 1.165) is 24.3 Å². The minimum atomic E-state index is -0.842. The van der Waals surface area contributed by atoms with Crippen molar-refractivity contribution in [1.82, 2.24) is 10.2 Å². The highest BCUT2D eigenvalue weighted by Crippen LogP contribution is 2.18. The third-order valence-corrected chi connectivity index (χ3v) is 3.34. The molecule has 0 saturated heterocycles. The van der Waals surface area contributed by atoms with Gasteiger partial charge in [-0.15, -0.1) is 22.6 Å². The number of nitrogens with zero attached hydrogens (tertiary/aromatic N) is 2. The van der Waals surface area contributed by atoms with Crippen LogP contribution in [0, 0.1) is 0 Å². The summed E-state index contributed by atoms with van der Waals surface area (Å²) < 4.78 is 0. The van der Waals surface area contributed by atoms with Crippen molar-refractivity contribution in [3.05, 3.63) is 5.01 Å². The highest BCUT2D eigenvalue weighted by atomic mass is 35.5. The van der Waals surface area contributed by atoms with Crippen LogP contribution in [0.2, 0.25) is 0 Å². The summed E-state index contributed by atoms with van der Waals surface area (Å²) in [4.78, 5) is 11.9. The Labute approximate surface area is 118 Å². The van der Waals surface area contributed by atoms with Crippen molar-refractivity contribution >= 4 is 34.8 Å². The lowest BCUT2D eigenvalue weighted by Gasteiger charge is -2.21. The monoisotopic (exact) mass is 292 g/mol. The van der Waals surface area contributed by atoms with Crippen LogP contribution in [-0.2, 0) is 11.2 Å². The Bertz CT molecular complexity index is 381. The zero-order chi connectivity index (χ0) is 12.9. The fourth-order valence-electron chi connectivity index (χ4n) is 1.49. The number of hydrogen-bond acceptors (Lipinski definition) is 5. The Morgan fingerprint density at radius 2 is 2.06 bits per heavy atom. The Morgan fingerprint density at radius 3 is 2.61 bits per heavy atom. The summed E-state index contributed by atoms with van der Waals surface area (Å²) in [6, 6.07) is 0. The van der Waals surface area contributed by atoms with E-state index in [1.165, 1.54) is 11.3 Å². The number of carbonyl (C=O) groups is 1. The van der Waals surface area contributed by atoms with Gasteiger partial charge in [0, 0.05) is 6.42 Å². The first kappa shape index (κ1) is 17.3. The van der Waals surface area contributed by atoms with Gasteiger partial charge in [-0.1, -0.05) is 31.6 Å². The van der Waals surface area contributed by atoms with Crippen LogP contribution >= 0.6 is 23.7 Å². The number of nitrogens with one attached hydrogen (secondary N) is 1. The lowest BCUT2D eigenvalue weighted by atomic mass is 9.97. The highest BCUT2D eigenvalue weighted by molar-refractivity contribution is 7.15. The van der Waals surface area contributed by atoms with Crippen molar-refractivity contribution in [2.24, 2.45) is 5.73 Å². The molecule has 1 aromatic heterocycles. The molecule has 0 aliphatic rings. The fraction of sp³-hybridized carbons (Fsp3) is 0.727. The molecule has 0 spiro atoms. The maximum absolute atomic E-state index is 11.9. The van der Waals surface area contributed by atoms with Crippen LogP contribution in [0.1, 0.15) is 45.0 Å². The summed E-state index contributed by atoms with van der Waals surface area (Å²) in [5.41, 5.74) is 5.09.